The first kappa shape index (κ1) is 16.8. The number of rotatable bonds is 4. The first-order valence-electron chi connectivity index (χ1n) is 6.13. The minimum Gasteiger partial charge on any atom is -0.478 e. The van der Waals surface area contributed by atoms with Gasteiger partial charge in [0.1, 0.15) is 0 Å². The SMILES string of the molecule is O=C(O)c1ccccc1/C=N\Nc1ncc(C(F)(F)F)cc1Cl. The zero-order valence-electron chi connectivity index (χ0n) is 11.3. The van der Waals surface area contributed by atoms with Crippen LogP contribution in [-0.4, -0.2) is 22.3 Å². The molecule has 2 N–H and O–H groups in total. The van der Waals surface area contributed by atoms with E-state index in [4.69, 9.17) is 16.7 Å². The first-order chi connectivity index (χ1) is 10.8. The second kappa shape index (κ2) is 6.66. The number of nitrogens with zero attached hydrogens (tertiary/aromatic N) is 2. The van der Waals surface area contributed by atoms with Gasteiger partial charge in [0, 0.05) is 11.8 Å². The molecule has 1 aromatic carbocycles. The van der Waals surface area contributed by atoms with Crippen molar-refractivity contribution in [2.75, 3.05) is 5.43 Å². The van der Waals surface area contributed by atoms with E-state index in [9.17, 15) is 18.0 Å². The van der Waals surface area contributed by atoms with E-state index in [1.807, 2.05) is 0 Å². The number of anilines is 1. The van der Waals surface area contributed by atoms with Crippen LogP contribution < -0.4 is 5.43 Å². The number of halogens is 4. The molecule has 2 aromatic rings. The van der Waals surface area contributed by atoms with Crippen molar-refractivity contribution in [3.63, 3.8) is 0 Å². The number of nitrogens with one attached hydrogen (secondary N) is 1. The molecule has 9 heteroatoms. The average molecular weight is 344 g/mol. The highest BCUT2D eigenvalue weighted by molar-refractivity contribution is 6.33. The molecule has 0 aliphatic heterocycles. The van der Waals surface area contributed by atoms with E-state index >= 15 is 0 Å². The predicted molar refractivity (Wildman–Crippen MR) is 78.9 cm³/mol. The molecule has 0 bridgehead atoms. The molecule has 120 valence electrons. The molecule has 5 nitrogen and oxygen atoms in total. The minimum atomic E-state index is -4.54. The van der Waals surface area contributed by atoms with E-state index in [-0.39, 0.29) is 16.4 Å². The lowest BCUT2D eigenvalue weighted by Crippen LogP contribution is -2.06. The molecule has 0 unspecified atom stereocenters. The molecular weight excluding hydrogens is 335 g/mol. The summed E-state index contributed by atoms with van der Waals surface area (Å²) in [6.07, 6.45) is -2.72. The van der Waals surface area contributed by atoms with E-state index in [1.165, 1.54) is 18.3 Å². The van der Waals surface area contributed by atoms with Gasteiger partial charge in [0.25, 0.3) is 0 Å². The monoisotopic (exact) mass is 343 g/mol. The molecule has 0 aliphatic rings. The average Bonchev–Trinajstić information content (AvgIpc) is 2.48. The molecule has 23 heavy (non-hydrogen) atoms. The van der Waals surface area contributed by atoms with Crippen molar-refractivity contribution in [1.29, 1.82) is 0 Å². The van der Waals surface area contributed by atoms with Gasteiger partial charge in [-0.05, 0) is 12.1 Å². The maximum Gasteiger partial charge on any atom is 0.417 e. The van der Waals surface area contributed by atoms with Crippen LogP contribution in [0.4, 0.5) is 19.0 Å². The molecule has 0 atom stereocenters. The van der Waals surface area contributed by atoms with Crippen molar-refractivity contribution >= 4 is 29.6 Å². The fraction of sp³-hybridized carbons (Fsp3) is 0.0714. The molecule has 1 aromatic heterocycles. The van der Waals surface area contributed by atoms with Gasteiger partial charge in [0.2, 0.25) is 0 Å². The zero-order chi connectivity index (χ0) is 17.0. The Morgan fingerprint density at radius 2 is 2.04 bits per heavy atom. The van der Waals surface area contributed by atoms with Crippen molar-refractivity contribution in [1.82, 2.24) is 4.98 Å². The maximum absolute atomic E-state index is 12.5. The Morgan fingerprint density at radius 1 is 1.35 bits per heavy atom. The number of carbonyl (C=O) groups is 1. The lowest BCUT2D eigenvalue weighted by molar-refractivity contribution is -0.137. The van der Waals surface area contributed by atoms with Gasteiger partial charge in [-0.15, -0.1) is 0 Å². The summed E-state index contributed by atoms with van der Waals surface area (Å²) in [6.45, 7) is 0. The van der Waals surface area contributed by atoms with Crippen LogP contribution in [0.2, 0.25) is 5.02 Å². The lowest BCUT2D eigenvalue weighted by atomic mass is 10.1. The molecule has 0 saturated heterocycles. The summed E-state index contributed by atoms with van der Waals surface area (Å²) >= 11 is 5.71. The number of aromatic nitrogens is 1. The van der Waals surface area contributed by atoms with Gasteiger partial charge in [0.15, 0.2) is 5.82 Å². The summed E-state index contributed by atoms with van der Waals surface area (Å²) < 4.78 is 37.5. The third-order valence-corrected chi connectivity index (χ3v) is 3.02. The maximum atomic E-state index is 12.5. The Kier molecular flexibility index (Phi) is 4.85. The number of pyridine rings is 1. The van der Waals surface area contributed by atoms with Crippen LogP contribution in [0.5, 0.6) is 0 Å². The molecule has 0 radical (unpaired) electrons. The summed E-state index contributed by atoms with van der Waals surface area (Å²) in [5.41, 5.74) is 1.74. The van der Waals surface area contributed by atoms with Crippen molar-refractivity contribution in [3.8, 4) is 0 Å². The Bertz CT molecular complexity index is 763. The second-order valence-electron chi connectivity index (χ2n) is 4.31. The molecule has 0 spiro atoms. The van der Waals surface area contributed by atoms with Crippen LogP contribution in [-0.2, 0) is 6.18 Å². The molecule has 0 aliphatic carbocycles. The van der Waals surface area contributed by atoms with Crippen LogP contribution in [0.3, 0.4) is 0 Å². The van der Waals surface area contributed by atoms with Crippen molar-refractivity contribution < 1.29 is 23.1 Å². The van der Waals surface area contributed by atoms with Gasteiger partial charge >= 0.3 is 12.1 Å². The van der Waals surface area contributed by atoms with Gasteiger partial charge in [-0.25, -0.2) is 9.78 Å². The number of hydrogen-bond acceptors (Lipinski definition) is 4. The largest absolute Gasteiger partial charge is 0.478 e. The molecule has 0 amide bonds. The molecular formula is C14H9ClF3N3O2. The molecule has 0 saturated carbocycles. The van der Waals surface area contributed by atoms with Crippen LogP contribution >= 0.6 is 11.6 Å². The quantitative estimate of drug-likeness (QED) is 0.652. The fourth-order valence-electron chi connectivity index (χ4n) is 1.64. The van der Waals surface area contributed by atoms with Crippen LogP contribution in [0, 0.1) is 0 Å². The Labute approximate surface area is 133 Å². The number of hydrogen-bond donors (Lipinski definition) is 2. The summed E-state index contributed by atoms with van der Waals surface area (Å²) in [7, 11) is 0. The van der Waals surface area contributed by atoms with Gasteiger partial charge < -0.3 is 5.11 Å². The number of benzene rings is 1. The highest BCUT2D eigenvalue weighted by Crippen LogP contribution is 2.32. The number of carboxylic acid groups (broad SMARTS) is 1. The second-order valence-corrected chi connectivity index (χ2v) is 4.72. The topological polar surface area (TPSA) is 74.6 Å². The third kappa shape index (κ3) is 4.19. The number of alkyl halides is 3. The van der Waals surface area contributed by atoms with E-state index in [0.717, 1.165) is 6.07 Å². The molecule has 0 fully saturated rings. The van der Waals surface area contributed by atoms with Gasteiger partial charge in [-0.1, -0.05) is 29.8 Å². The Morgan fingerprint density at radius 3 is 2.65 bits per heavy atom. The van der Waals surface area contributed by atoms with Crippen LogP contribution in [0.15, 0.2) is 41.6 Å². The minimum absolute atomic E-state index is 0.0320. The number of hydrazone groups is 1. The summed E-state index contributed by atoms with van der Waals surface area (Å²) in [6, 6.07) is 6.82. The normalized spacial score (nSPS) is 11.7. The number of carboxylic acids is 1. The first-order valence-corrected chi connectivity index (χ1v) is 6.51. The van der Waals surface area contributed by atoms with E-state index in [2.05, 4.69) is 15.5 Å². The summed E-state index contributed by atoms with van der Waals surface area (Å²) in [4.78, 5) is 14.6. The summed E-state index contributed by atoms with van der Waals surface area (Å²) in [5, 5.41) is 12.5. The van der Waals surface area contributed by atoms with Crippen LogP contribution in [0.25, 0.3) is 0 Å². The zero-order valence-corrected chi connectivity index (χ0v) is 12.1. The Hall–Kier alpha value is -2.61. The van der Waals surface area contributed by atoms with Crippen molar-refractivity contribution in [3.05, 3.63) is 58.2 Å². The van der Waals surface area contributed by atoms with E-state index in [0.29, 0.717) is 11.8 Å². The summed E-state index contributed by atoms with van der Waals surface area (Å²) in [5.74, 6) is -1.21. The highest BCUT2D eigenvalue weighted by atomic mass is 35.5. The highest BCUT2D eigenvalue weighted by Gasteiger charge is 2.31. The van der Waals surface area contributed by atoms with Gasteiger partial charge in [0.05, 0.1) is 22.4 Å². The molecule has 1 heterocycles. The van der Waals surface area contributed by atoms with Gasteiger partial charge in [-0.3, -0.25) is 5.43 Å². The smallest absolute Gasteiger partial charge is 0.417 e. The molecule has 2 rings (SSSR count). The fourth-order valence-corrected chi connectivity index (χ4v) is 1.85. The van der Waals surface area contributed by atoms with E-state index < -0.39 is 17.7 Å². The lowest BCUT2D eigenvalue weighted by Gasteiger charge is -2.08. The third-order valence-electron chi connectivity index (χ3n) is 2.73. The van der Waals surface area contributed by atoms with Crippen LogP contribution in [0.1, 0.15) is 21.5 Å². The van der Waals surface area contributed by atoms with Gasteiger partial charge in [-0.2, -0.15) is 18.3 Å². The number of aromatic carboxylic acids is 1. The predicted octanol–water partition coefficient (Wildman–Crippen LogP) is 3.90. The van der Waals surface area contributed by atoms with Crippen molar-refractivity contribution in [2.45, 2.75) is 6.18 Å². The van der Waals surface area contributed by atoms with E-state index in [1.54, 1.807) is 12.1 Å². The standard InChI is InChI=1S/C14H9ClF3N3O2/c15-11-5-9(14(16,17)18)7-19-12(11)21-20-6-8-3-1-2-4-10(8)13(22)23/h1-7H,(H,19,21)(H,22,23)/b20-6-. The van der Waals surface area contributed by atoms with Crippen molar-refractivity contribution in [2.24, 2.45) is 5.10 Å². The Balaban J connectivity index is 2.17.